The Balaban J connectivity index is 1.57. The van der Waals surface area contributed by atoms with Crippen molar-refractivity contribution in [1.29, 1.82) is 0 Å². The van der Waals surface area contributed by atoms with Gasteiger partial charge in [0.15, 0.2) is 9.84 Å². The van der Waals surface area contributed by atoms with Crippen molar-refractivity contribution in [2.45, 2.75) is 25.3 Å². The molecule has 1 saturated heterocycles. The smallest absolute Gasteiger partial charge is 0.251 e. The summed E-state index contributed by atoms with van der Waals surface area (Å²) in [5.74, 6) is 0.000980. The van der Waals surface area contributed by atoms with Crippen molar-refractivity contribution in [2.75, 3.05) is 16.8 Å². The molecule has 2 aliphatic rings. The molecule has 2 amide bonds. The summed E-state index contributed by atoms with van der Waals surface area (Å²) in [5.41, 5.74) is 1.12. The lowest BCUT2D eigenvalue weighted by Crippen LogP contribution is -2.35. The van der Waals surface area contributed by atoms with E-state index >= 15 is 0 Å². The molecule has 1 saturated carbocycles. The summed E-state index contributed by atoms with van der Waals surface area (Å²) in [5, 5.41) is 5.54. The van der Waals surface area contributed by atoms with E-state index in [2.05, 4.69) is 10.6 Å². The standard InChI is InChI=1S/C15H18N2O4S/c18-14(10-1-2-10)16-12-5-3-11(4-6-12)15(19)17-13-7-8-22(20,21)9-13/h3-6,10,13H,1-2,7-9H2,(H,16,18)(H,17,19)/t13-/m0/s1. The summed E-state index contributed by atoms with van der Waals surface area (Å²) >= 11 is 0. The van der Waals surface area contributed by atoms with Crippen molar-refractivity contribution in [3.63, 3.8) is 0 Å². The van der Waals surface area contributed by atoms with Crippen LogP contribution in [0.25, 0.3) is 0 Å². The van der Waals surface area contributed by atoms with Crippen LogP contribution < -0.4 is 10.6 Å². The van der Waals surface area contributed by atoms with E-state index in [1.54, 1.807) is 24.3 Å². The van der Waals surface area contributed by atoms with Gasteiger partial charge in [0.1, 0.15) is 0 Å². The molecule has 1 aromatic carbocycles. The maximum Gasteiger partial charge on any atom is 0.251 e. The van der Waals surface area contributed by atoms with E-state index in [1.807, 2.05) is 0 Å². The van der Waals surface area contributed by atoms with Crippen LogP contribution in [0.1, 0.15) is 29.6 Å². The second kappa shape index (κ2) is 5.72. The van der Waals surface area contributed by atoms with Gasteiger partial charge >= 0.3 is 0 Å². The van der Waals surface area contributed by atoms with Gasteiger partial charge in [-0.1, -0.05) is 0 Å². The van der Waals surface area contributed by atoms with Crippen molar-refractivity contribution in [1.82, 2.24) is 5.32 Å². The zero-order valence-electron chi connectivity index (χ0n) is 12.0. The van der Waals surface area contributed by atoms with Gasteiger partial charge in [-0.2, -0.15) is 0 Å². The Bertz CT molecular complexity index is 693. The SMILES string of the molecule is O=C(N[C@H]1CCS(=O)(=O)C1)c1ccc(NC(=O)C2CC2)cc1. The lowest BCUT2D eigenvalue weighted by molar-refractivity contribution is -0.117. The van der Waals surface area contributed by atoms with E-state index in [0.29, 0.717) is 17.7 Å². The maximum atomic E-state index is 12.1. The average molecular weight is 322 g/mol. The van der Waals surface area contributed by atoms with Crippen LogP contribution in [0, 0.1) is 5.92 Å². The number of carbonyl (C=O) groups excluding carboxylic acids is 2. The molecule has 2 N–H and O–H groups in total. The van der Waals surface area contributed by atoms with Gasteiger partial charge in [0.25, 0.3) is 5.91 Å². The van der Waals surface area contributed by atoms with Gasteiger partial charge in [-0.3, -0.25) is 9.59 Å². The first-order valence-corrected chi connectivity index (χ1v) is 9.17. The van der Waals surface area contributed by atoms with Gasteiger partial charge in [-0.05, 0) is 43.5 Å². The number of anilines is 1. The number of carbonyl (C=O) groups is 2. The number of nitrogens with one attached hydrogen (secondary N) is 2. The minimum Gasteiger partial charge on any atom is -0.348 e. The van der Waals surface area contributed by atoms with Crippen molar-refractivity contribution < 1.29 is 18.0 Å². The Morgan fingerprint density at radius 3 is 2.27 bits per heavy atom. The number of sulfone groups is 1. The van der Waals surface area contributed by atoms with Gasteiger partial charge < -0.3 is 10.6 Å². The van der Waals surface area contributed by atoms with Crippen LogP contribution in [-0.4, -0.2) is 37.8 Å². The molecule has 0 unspecified atom stereocenters. The van der Waals surface area contributed by atoms with Crippen LogP contribution in [0.5, 0.6) is 0 Å². The van der Waals surface area contributed by atoms with Crippen LogP contribution in [0.2, 0.25) is 0 Å². The van der Waals surface area contributed by atoms with Gasteiger partial charge in [-0.15, -0.1) is 0 Å². The van der Waals surface area contributed by atoms with Gasteiger partial charge in [0, 0.05) is 23.2 Å². The molecule has 0 aromatic heterocycles. The number of hydrogen-bond donors (Lipinski definition) is 2. The topological polar surface area (TPSA) is 92.3 Å². The molecule has 1 aliphatic carbocycles. The Morgan fingerprint density at radius 2 is 1.73 bits per heavy atom. The summed E-state index contributed by atoms with van der Waals surface area (Å²) in [7, 11) is -3.01. The summed E-state index contributed by atoms with van der Waals surface area (Å²) in [4.78, 5) is 23.7. The number of hydrogen-bond acceptors (Lipinski definition) is 4. The van der Waals surface area contributed by atoms with Gasteiger partial charge in [-0.25, -0.2) is 8.42 Å². The largest absolute Gasteiger partial charge is 0.348 e. The van der Waals surface area contributed by atoms with Crippen molar-refractivity contribution in [3.8, 4) is 0 Å². The zero-order chi connectivity index (χ0) is 15.7. The molecule has 0 radical (unpaired) electrons. The molecule has 1 aromatic rings. The van der Waals surface area contributed by atoms with Crippen LogP contribution in [0.4, 0.5) is 5.69 Å². The van der Waals surface area contributed by atoms with Crippen LogP contribution in [0.3, 0.4) is 0 Å². The monoisotopic (exact) mass is 322 g/mol. The molecule has 0 bridgehead atoms. The van der Waals surface area contributed by atoms with Crippen LogP contribution >= 0.6 is 0 Å². The molecule has 6 nitrogen and oxygen atoms in total. The highest BCUT2D eigenvalue weighted by Gasteiger charge is 2.30. The molecule has 1 aliphatic heterocycles. The first kappa shape index (κ1) is 15.0. The molecule has 22 heavy (non-hydrogen) atoms. The summed E-state index contributed by atoms with van der Waals surface area (Å²) in [6.07, 6.45) is 2.34. The molecule has 118 valence electrons. The maximum absolute atomic E-state index is 12.1. The molecular weight excluding hydrogens is 304 g/mol. The van der Waals surface area contributed by atoms with E-state index < -0.39 is 9.84 Å². The minimum absolute atomic E-state index is 0.00820. The fourth-order valence-corrected chi connectivity index (χ4v) is 4.15. The third-order valence-corrected chi connectivity index (χ3v) is 5.70. The van der Waals surface area contributed by atoms with Crippen molar-refractivity contribution >= 4 is 27.3 Å². The Kier molecular flexibility index (Phi) is 3.90. The Labute approximate surface area is 129 Å². The summed E-state index contributed by atoms with van der Waals surface area (Å²) in [6.45, 7) is 0. The fourth-order valence-electron chi connectivity index (χ4n) is 2.47. The number of amides is 2. The fraction of sp³-hybridized carbons (Fsp3) is 0.467. The normalized spacial score (nSPS) is 23.0. The minimum atomic E-state index is -3.01. The molecule has 2 fully saturated rings. The van der Waals surface area contributed by atoms with E-state index in [0.717, 1.165) is 12.8 Å². The summed E-state index contributed by atoms with van der Waals surface area (Å²) in [6, 6.07) is 6.30. The zero-order valence-corrected chi connectivity index (χ0v) is 12.9. The summed E-state index contributed by atoms with van der Waals surface area (Å²) < 4.78 is 22.7. The van der Waals surface area contributed by atoms with E-state index in [1.165, 1.54) is 0 Å². The molecule has 0 spiro atoms. The highest BCUT2D eigenvalue weighted by molar-refractivity contribution is 7.91. The highest BCUT2D eigenvalue weighted by Crippen LogP contribution is 2.30. The number of benzene rings is 1. The molecular formula is C15H18N2O4S. The quantitative estimate of drug-likeness (QED) is 0.863. The average Bonchev–Trinajstić information content (AvgIpc) is 3.25. The molecule has 1 atom stereocenters. The predicted molar refractivity (Wildman–Crippen MR) is 82.3 cm³/mol. The van der Waals surface area contributed by atoms with Gasteiger partial charge in [0.05, 0.1) is 11.5 Å². The number of rotatable bonds is 4. The Morgan fingerprint density at radius 1 is 1.05 bits per heavy atom. The first-order chi connectivity index (χ1) is 10.4. The second-order valence-electron chi connectivity index (χ2n) is 5.91. The highest BCUT2D eigenvalue weighted by atomic mass is 32.2. The van der Waals surface area contributed by atoms with Crippen molar-refractivity contribution in [2.24, 2.45) is 5.92 Å². The lowest BCUT2D eigenvalue weighted by atomic mass is 10.1. The third kappa shape index (κ3) is 3.65. The third-order valence-electron chi connectivity index (χ3n) is 3.93. The van der Waals surface area contributed by atoms with Crippen molar-refractivity contribution in [3.05, 3.63) is 29.8 Å². The van der Waals surface area contributed by atoms with E-state index in [4.69, 9.17) is 0 Å². The van der Waals surface area contributed by atoms with Crippen LogP contribution in [0.15, 0.2) is 24.3 Å². The predicted octanol–water partition coefficient (Wildman–Crippen LogP) is 0.952. The van der Waals surface area contributed by atoms with Crippen LogP contribution in [-0.2, 0) is 14.6 Å². The Hall–Kier alpha value is -1.89. The lowest BCUT2D eigenvalue weighted by Gasteiger charge is -2.11. The van der Waals surface area contributed by atoms with E-state index in [9.17, 15) is 18.0 Å². The van der Waals surface area contributed by atoms with E-state index in [-0.39, 0.29) is 35.3 Å². The second-order valence-corrected chi connectivity index (χ2v) is 8.14. The first-order valence-electron chi connectivity index (χ1n) is 7.35. The van der Waals surface area contributed by atoms with Gasteiger partial charge in [0.2, 0.25) is 5.91 Å². The molecule has 1 heterocycles. The molecule has 3 rings (SSSR count). The molecule has 7 heteroatoms.